The molecule has 0 aliphatic carbocycles. The molecule has 0 rings (SSSR count). The van der Waals surface area contributed by atoms with Crippen molar-refractivity contribution in [1.82, 2.24) is 0 Å². The first kappa shape index (κ1) is 6.89. The van der Waals surface area contributed by atoms with Gasteiger partial charge in [0.15, 0.2) is 0 Å². The predicted molar refractivity (Wildman–Crippen MR) is 34.5 cm³/mol. The summed E-state index contributed by atoms with van der Waals surface area (Å²) in [5, 5.41) is 0. The minimum Gasteiger partial charge on any atom is -0.300 e. The van der Waals surface area contributed by atoms with Crippen LogP contribution in [0.4, 0.5) is 0 Å². The summed E-state index contributed by atoms with van der Waals surface area (Å²) in [6.45, 7) is 4.08. The zero-order valence-electron chi connectivity index (χ0n) is 5.03. The second kappa shape index (κ2) is 4.06. The maximum atomic E-state index is 10.4. The third-order valence-corrected chi connectivity index (χ3v) is 1.98. The van der Waals surface area contributed by atoms with Crippen LogP contribution in [0.2, 0.25) is 12.6 Å². The summed E-state index contributed by atoms with van der Waals surface area (Å²) in [7, 11) is 0.00600. The molecule has 0 fully saturated rings. The third kappa shape index (κ3) is 3.72. The highest BCUT2D eigenvalue weighted by Crippen LogP contribution is 1.85. The first-order valence-electron chi connectivity index (χ1n) is 2.83. The predicted octanol–water partition coefficient (Wildman–Crippen LogP) is 0.601. The molecular weight excluding hydrogens is 104 g/mol. The average Bonchev–Trinajstić information content (AvgIpc) is 1.68. The lowest BCUT2D eigenvalue weighted by atomic mass is 10.4. The summed E-state index contributed by atoms with van der Waals surface area (Å²) in [5.74, 6) is 0.439. The molecule has 0 aromatic heterocycles. The van der Waals surface area contributed by atoms with Crippen LogP contribution in [-0.4, -0.2) is 15.3 Å². The van der Waals surface area contributed by atoms with Crippen LogP contribution in [0.1, 0.15) is 13.3 Å². The van der Waals surface area contributed by atoms with Gasteiger partial charge in [0.1, 0.15) is 5.78 Å². The minimum atomic E-state index is 0.00600. The molecular formula is C5H12OSi. The Balaban J connectivity index is 3.00. The van der Waals surface area contributed by atoms with Crippen molar-refractivity contribution in [3.05, 3.63) is 0 Å². The molecule has 0 aromatic rings. The Bertz CT molecular complexity index is 61.1. The minimum absolute atomic E-state index is 0.00600. The van der Waals surface area contributed by atoms with Crippen LogP contribution in [0.15, 0.2) is 0 Å². The van der Waals surface area contributed by atoms with Crippen molar-refractivity contribution in [2.75, 3.05) is 0 Å². The van der Waals surface area contributed by atoms with E-state index in [0.717, 1.165) is 12.5 Å². The van der Waals surface area contributed by atoms with E-state index in [1.165, 1.54) is 0 Å². The molecule has 1 nitrogen and oxygen atoms in total. The molecule has 0 aliphatic heterocycles. The van der Waals surface area contributed by atoms with Crippen LogP contribution < -0.4 is 0 Å². The number of hydrogen-bond acceptors (Lipinski definition) is 1. The smallest absolute Gasteiger partial charge is 0.129 e. The molecule has 0 aliphatic rings. The molecule has 2 heteroatoms. The van der Waals surface area contributed by atoms with Gasteiger partial charge in [0, 0.05) is 15.9 Å². The molecule has 0 spiro atoms. The van der Waals surface area contributed by atoms with Gasteiger partial charge in [0.2, 0.25) is 0 Å². The van der Waals surface area contributed by atoms with Gasteiger partial charge in [-0.25, -0.2) is 0 Å². The SMILES string of the molecule is CCC(=O)C[SiH2]C. The Morgan fingerprint density at radius 2 is 2.29 bits per heavy atom. The molecule has 0 atom stereocenters. The standard InChI is InChI=1S/C5H12OSi/c1-3-5(6)4-7-2/h3-4,7H2,1-2H3. The average molecular weight is 116 g/mol. The van der Waals surface area contributed by atoms with Crippen molar-refractivity contribution in [2.24, 2.45) is 0 Å². The van der Waals surface area contributed by atoms with Crippen LogP contribution >= 0.6 is 0 Å². The molecule has 0 saturated heterocycles. The second-order valence-electron chi connectivity index (χ2n) is 1.64. The molecule has 0 amide bonds. The molecule has 0 unspecified atom stereocenters. The van der Waals surface area contributed by atoms with E-state index in [-0.39, 0.29) is 9.52 Å². The van der Waals surface area contributed by atoms with Crippen LogP contribution in [0.25, 0.3) is 0 Å². The van der Waals surface area contributed by atoms with Gasteiger partial charge in [-0.3, -0.25) is 0 Å². The van der Waals surface area contributed by atoms with Crippen molar-refractivity contribution in [1.29, 1.82) is 0 Å². The molecule has 0 aromatic carbocycles. The lowest BCUT2D eigenvalue weighted by Crippen LogP contribution is -1.96. The number of carbonyl (C=O) groups excluding carboxylic acids is 1. The number of carbonyl (C=O) groups is 1. The molecule has 7 heavy (non-hydrogen) atoms. The van der Waals surface area contributed by atoms with Gasteiger partial charge in [-0.05, 0) is 6.04 Å². The Kier molecular flexibility index (Phi) is 3.99. The fourth-order valence-electron chi connectivity index (χ4n) is 0.456. The zero-order valence-corrected chi connectivity index (χ0v) is 6.44. The van der Waals surface area contributed by atoms with E-state index in [1.54, 1.807) is 0 Å². The first-order valence-corrected chi connectivity index (χ1v) is 5.24. The number of ketones is 1. The van der Waals surface area contributed by atoms with E-state index in [1.807, 2.05) is 6.92 Å². The third-order valence-electron chi connectivity index (χ3n) is 0.923. The summed E-state index contributed by atoms with van der Waals surface area (Å²) in [6.07, 6.45) is 0.737. The van der Waals surface area contributed by atoms with Crippen LogP contribution in [0.5, 0.6) is 0 Å². The maximum absolute atomic E-state index is 10.4. The molecule has 0 N–H and O–H groups in total. The summed E-state index contributed by atoms with van der Waals surface area (Å²) in [6, 6.07) is 0.899. The number of Topliss-reactive ketones (excluding diaryl/α,β-unsaturated/α-hetero) is 1. The summed E-state index contributed by atoms with van der Waals surface area (Å²) in [5.41, 5.74) is 0. The quantitative estimate of drug-likeness (QED) is 0.493. The lowest BCUT2D eigenvalue weighted by Gasteiger charge is -1.86. The van der Waals surface area contributed by atoms with Gasteiger partial charge in [-0.15, -0.1) is 0 Å². The van der Waals surface area contributed by atoms with E-state index < -0.39 is 0 Å². The highest BCUT2D eigenvalue weighted by molar-refractivity contribution is 6.39. The molecule has 42 valence electrons. The van der Waals surface area contributed by atoms with Crippen LogP contribution in [-0.2, 0) is 4.79 Å². The Morgan fingerprint density at radius 1 is 1.71 bits per heavy atom. The zero-order chi connectivity index (χ0) is 5.70. The normalized spacial score (nSPS) is 10.6. The second-order valence-corrected chi connectivity index (χ2v) is 3.14. The summed E-state index contributed by atoms with van der Waals surface area (Å²) >= 11 is 0. The highest BCUT2D eigenvalue weighted by atomic mass is 28.2. The van der Waals surface area contributed by atoms with Gasteiger partial charge in [0.05, 0.1) is 0 Å². The van der Waals surface area contributed by atoms with Crippen molar-refractivity contribution in [2.45, 2.75) is 25.9 Å². The van der Waals surface area contributed by atoms with Gasteiger partial charge < -0.3 is 4.79 Å². The van der Waals surface area contributed by atoms with E-state index in [0.29, 0.717) is 5.78 Å². The summed E-state index contributed by atoms with van der Waals surface area (Å²) in [4.78, 5) is 10.4. The van der Waals surface area contributed by atoms with Gasteiger partial charge in [-0.2, -0.15) is 0 Å². The van der Waals surface area contributed by atoms with E-state index >= 15 is 0 Å². The molecule has 0 saturated carbocycles. The van der Waals surface area contributed by atoms with E-state index in [4.69, 9.17) is 0 Å². The van der Waals surface area contributed by atoms with Gasteiger partial charge in [-0.1, -0.05) is 13.5 Å². The Morgan fingerprint density at radius 3 is 2.43 bits per heavy atom. The van der Waals surface area contributed by atoms with Crippen LogP contribution in [0.3, 0.4) is 0 Å². The van der Waals surface area contributed by atoms with Crippen molar-refractivity contribution < 1.29 is 4.79 Å². The fraction of sp³-hybridized carbons (Fsp3) is 0.800. The van der Waals surface area contributed by atoms with Crippen LogP contribution in [0, 0.1) is 0 Å². The molecule has 0 heterocycles. The Hall–Kier alpha value is -0.113. The Labute approximate surface area is 46.9 Å². The number of rotatable bonds is 3. The first-order chi connectivity index (χ1) is 3.31. The van der Waals surface area contributed by atoms with Crippen molar-refractivity contribution in [3.8, 4) is 0 Å². The van der Waals surface area contributed by atoms with Gasteiger partial charge in [0.25, 0.3) is 0 Å². The van der Waals surface area contributed by atoms with Gasteiger partial charge >= 0.3 is 0 Å². The topological polar surface area (TPSA) is 17.1 Å². The molecule has 0 radical (unpaired) electrons. The van der Waals surface area contributed by atoms with E-state index in [2.05, 4.69) is 6.55 Å². The number of hydrogen-bond donors (Lipinski definition) is 0. The summed E-state index contributed by atoms with van der Waals surface area (Å²) < 4.78 is 0. The largest absolute Gasteiger partial charge is 0.300 e. The van der Waals surface area contributed by atoms with Crippen molar-refractivity contribution >= 4 is 15.3 Å². The fourth-order valence-corrected chi connectivity index (χ4v) is 1.37. The van der Waals surface area contributed by atoms with E-state index in [9.17, 15) is 4.79 Å². The highest BCUT2D eigenvalue weighted by Gasteiger charge is 1.91. The monoisotopic (exact) mass is 116 g/mol. The van der Waals surface area contributed by atoms with Crippen molar-refractivity contribution in [3.63, 3.8) is 0 Å². The molecule has 0 bridgehead atoms. The lowest BCUT2D eigenvalue weighted by molar-refractivity contribution is -0.116. The maximum Gasteiger partial charge on any atom is 0.129 e.